The molecule has 0 fully saturated rings. The Labute approximate surface area is 130 Å². The van der Waals surface area contributed by atoms with Gasteiger partial charge in [0.2, 0.25) is 0 Å². The molecule has 0 aliphatic heterocycles. The molecule has 1 amide bonds. The van der Waals surface area contributed by atoms with Crippen molar-refractivity contribution < 1.29 is 18.5 Å². The maximum Gasteiger partial charge on any atom is 0.292 e. The highest BCUT2D eigenvalue weighted by Crippen LogP contribution is 2.22. The van der Waals surface area contributed by atoms with Crippen molar-refractivity contribution in [3.63, 3.8) is 0 Å². The van der Waals surface area contributed by atoms with Gasteiger partial charge in [0, 0.05) is 24.7 Å². The molecule has 0 unspecified atom stereocenters. The van der Waals surface area contributed by atoms with Crippen LogP contribution in [-0.4, -0.2) is 23.9 Å². The molecule has 120 valence electrons. The molecule has 6 nitrogen and oxygen atoms in total. The van der Waals surface area contributed by atoms with Gasteiger partial charge >= 0.3 is 0 Å². The van der Waals surface area contributed by atoms with Gasteiger partial charge in [0.05, 0.1) is 4.92 Å². The number of nitro groups is 1. The molecule has 0 bridgehead atoms. The monoisotopic (exact) mass is 321 g/mol. The molecule has 2 aromatic carbocycles. The number of hydrogen-bond donors (Lipinski definition) is 2. The number of rotatable bonds is 6. The summed E-state index contributed by atoms with van der Waals surface area (Å²) in [5, 5.41) is 16.2. The summed E-state index contributed by atoms with van der Waals surface area (Å²) in [6.45, 7) is 0.393. The molecule has 2 N–H and O–H groups in total. The predicted molar refractivity (Wildman–Crippen MR) is 80.3 cm³/mol. The number of carbonyl (C=O) groups excluding carboxylic acids is 1. The molecule has 0 aliphatic rings. The molecule has 0 saturated carbocycles. The van der Waals surface area contributed by atoms with Crippen LogP contribution in [0.3, 0.4) is 0 Å². The summed E-state index contributed by atoms with van der Waals surface area (Å²) in [4.78, 5) is 22.1. The highest BCUT2D eigenvalue weighted by Gasteiger charge is 2.12. The molecule has 0 heterocycles. The van der Waals surface area contributed by atoms with Crippen molar-refractivity contribution >= 4 is 17.3 Å². The van der Waals surface area contributed by atoms with E-state index in [1.54, 1.807) is 18.2 Å². The van der Waals surface area contributed by atoms with Crippen LogP contribution in [0.15, 0.2) is 42.5 Å². The summed E-state index contributed by atoms with van der Waals surface area (Å²) in [7, 11) is 0. The Balaban J connectivity index is 1.87. The number of amides is 1. The van der Waals surface area contributed by atoms with Crippen LogP contribution in [0, 0.1) is 21.7 Å². The van der Waals surface area contributed by atoms with Gasteiger partial charge in [-0.05, 0) is 24.3 Å². The van der Waals surface area contributed by atoms with Gasteiger partial charge in [0.25, 0.3) is 11.6 Å². The minimum Gasteiger partial charge on any atom is -0.378 e. The fourth-order valence-corrected chi connectivity index (χ4v) is 1.89. The molecule has 0 atom stereocenters. The van der Waals surface area contributed by atoms with Crippen LogP contribution in [0.1, 0.15) is 10.4 Å². The van der Waals surface area contributed by atoms with E-state index in [-0.39, 0.29) is 24.3 Å². The van der Waals surface area contributed by atoms with Crippen LogP contribution in [0.5, 0.6) is 0 Å². The number of halogens is 2. The Kier molecular flexibility index (Phi) is 5.19. The van der Waals surface area contributed by atoms with Crippen molar-refractivity contribution in [2.24, 2.45) is 0 Å². The number of benzene rings is 2. The summed E-state index contributed by atoms with van der Waals surface area (Å²) in [6, 6.07) is 8.96. The maximum absolute atomic E-state index is 13.0. The number of nitrogens with zero attached hydrogens (tertiary/aromatic N) is 1. The standard InChI is InChI=1S/C15H13F2N3O3/c16-11-6-5-10(9-12(11)17)15(21)19-8-7-18-13-3-1-2-4-14(13)20(22)23/h1-6,9,18H,7-8H2,(H,19,21). The molecule has 0 spiro atoms. The van der Waals surface area contributed by atoms with Crippen LogP contribution in [-0.2, 0) is 0 Å². The number of anilines is 1. The van der Waals surface area contributed by atoms with Crippen molar-refractivity contribution in [1.82, 2.24) is 5.32 Å². The predicted octanol–water partition coefficient (Wildman–Crippen LogP) is 2.71. The Morgan fingerprint density at radius 2 is 1.83 bits per heavy atom. The lowest BCUT2D eigenvalue weighted by molar-refractivity contribution is -0.384. The second-order valence-corrected chi connectivity index (χ2v) is 4.59. The molecule has 2 rings (SSSR count). The van der Waals surface area contributed by atoms with Gasteiger partial charge in [0.1, 0.15) is 5.69 Å². The molecule has 0 radical (unpaired) electrons. The zero-order chi connectivity index (χ0) is 16.8. The van der Waals surface area contributed by atoms with Gasteiger partial charge in [-0.25, -0.2) is 8.78 Å². The summed E-state index contributed by atoms with van der Waals surface area (Å²) in [5.41, 5.74) is 0.258. The summed E-state index contributed by atoms with van der Waals surface area (Å²) in [6.07, 6.45) is 0. The number of carbonyl (C=O) groups is 1. The first-order valence-corrected chi connectivity index (χ1v) is 6.69. The van der Waals surface area contributed by atoms with E-state index in [4.69, 9.17) is 0 Å². The van der Waals surface area contributed by atoms with E-state index in [9.17, 15) is 23.7 Å². The molecule has 0 aliphatic carbocycles. The quantitative estimate of drug-likeness (QED) is 0.487. The molecule has 0 saturated heterocycles. The largest absolute Gasteiger partial charge is 0.378 e. The molecule has 8 heteroatoms. The lowest BCUT2D eigenvalue weighted by atomic mass is 10.2. The lowest BCUT2D eigenvalue weighted by Gasteiger charge is -2.08. The molecule has 0 aromatic heterocycles. The van der Waals surface area contributed by atoms with Crippen LogP contribution in [0.4, 0.5) is 20.2 Å². The Bertz CT molecular complexity index is 738. The second-order valence-electron chi connectivity index (χ2n) is 4.59. The average Bonchev–Trinajstić information content (AvgIpc) is 2.54. The van der Waals surface area contributed by atoms with E-state index in [0.29, 0.717) is 5.69 Å². The molecule has 23 heavy (non-hydrogen) atoms. The van der Waals surface area contributed by atoms with Gasteiger partial charge in [-0.2, -0.15) is 0 Å². The Morgan fingerprint density at radius 1 is 1.09 bits per heavy atom. The van der Waals surface area contributed by atoms with Gasteiger partial charge < -0.3 is 10.6 Å². The smallest absolute Gasteiger partial charge is 0.292 e. The van der Waals surface area contributed by atoms with Crippen molar-refractivity contribution in [3.8, 4) is 0 Å². The van der Waals surface area contributed by atoms with E-state index >= 15 is 0 Å². The fourth-order valence-electron chi connectivity index (χ4n) is 1.89. The first kappa shape index (κ1) is 16.3. The highest BCUT2D eigenvalue weighted by atomic mass is 19.2. The first-order chi connectivity index (χ1) is 11.0. The van der Waals surface area contributed by atoms with E-state index in [1.807, 2.05) is 0 Å². The number of nitro benzene ring substituents is 1. The zero-order valence-corrected chi connectivity index (χ0v) is 11.9. The number of para-hydroxylation sites is 2. The van der Waals surface area contributed by atoms with Crippen molar-refractivity contribution in [2.75, 3.05) is 18.4 Å². The normalized spacial score (nSPS) is 10.2. The molecule has 2 aromatic rings. The van der Waals surface area contributed by atoms with E-state index in [0.717, 1.165) is 12.1 Å². The fraction of sp³-hybridized carbons (Fsp3) is 0.133. The van der Waals surface area contributed by atoms with Crippen molar-refractivity contribution in [2.45, 2.75) is 0 Å². The lowest BCUT2D eigenvalue weighted by Crippen LogP contribution is -2.29. The second kappa shape index (κ2) is 7.30. The van der Waals surface area contributed by atoms with Crippen LogP contribution < -0.4 is 10.6 Å². The Morgan fingerprint density at radius 3 is 2.52 bits per heavy atom. The first-order valence-electron chi connectivity index (χ1n) is 6.69. The van der Waals surface area contributed by atoms with Crippen molar-refractivity contribution in [1.29, 1.82) is 0 Å². The van der Waals surface area contributed by atoms with Crippen molar-refractivity contribution in [3.05, 3.63) is 69.8 Å². The third kappa shape index (κ3) is 4.22. The minimum absolute atomic E-state index is 0.00501. The van der Waals surface area contributed by atoms with E-state index in [2.05, 4.69) is 10.6 Å². The third-order valence-electron chi connectivity index (χ3n) is 3.01. The molecular weight excluding hydrogens is 308 g/mol. The average molecular weight is 321 g/mol. The van der Waals surface area contributed by atoms with Gasteiger partial charge in [-0.15, -0.1) is 0 Å². The van der Waals surface area contributed by atoms with Gasteiger partial charge in [-0.1, -0.05) is 12.1 Å². The Hall–Kier alpha value is -3.03. The highest BCUT2D eigenvalue weighted by molar-refractivity contribution is 5.94. The SMILES string of the molecule is O=C(NCCNc1ccccc1[N+](=O)[O-])c1ccc(F)c(F)c1. The zero-order valence-electron chi connectivity index (χ0n) is 11.9. The number of nitrogens with one attached hydrogen (secondary N) is 2. The minimum atomic E-state index is -1.10. The summed E-state index contributed by atoms with van der Waals surface area (Å²) in [5.74, 6) is -2.69. The van der Waals surface area contributed by atoms with E-state index in [1.165, 1.54) is 12.1 Å². The summed E-state index contributed by atoms with van der Waals surface area (Å²) >= 11 is 0. The number of hydrogen-bond acceptors (Lipinski definition) is 4. The van der Waals surface area contributed by atoms with E-state index < -0.39 is 22.5 Å². The van der Waals surface area contributed by atoms with Gasteiger partial charge in [0.15, 0.2) is 11.6 Å². The maximum atomic E-state index is 13.0. The topological polar surface area (TPSA) is 84.3 Å². The van der Waals surface area contributed by atoms with Crippen LogP contribution in [0.25, 0.3) is 0 Å². The van der Waals surface area contributed by atoms with Crippen LogP contribution in [0.2, 0.25) is 0 Å². The van der Waals surface area contributed by atoms with Crippen LogP contribution >= 0.6 is 0 Å². The third-order valence-corrected chi connectivity index (χ3v) is 3.01. The molecular formula is C15H13F2N3O3. The summed E-state index contributed by atoms with van der Waals surface area (Å²) < 4.78 is 25.8. The van der Waals surface area contributed by atoms with Gasteiger partial charge in [-0.3, -0.25) is 14.9 Å².